The molecule has 6 N–H and O–H groups in total. The Labute approximate surface area is 232 Å². The van der Waals surface area contributed by atoms with Crippen molar-refractivity contribution in [3.8, 4) is 23.0 Å². The Morgan fingerprint density at radius 2 is 1.51 bits per heavy atom. The van der Waals surface area contributed by atoms with Crippen LogP contribution in [0.5, 0.6) is 23.0 Å². The van der Waals surface area contributed by atoms with E-state index in [0.717, 1.165) is 12.1 Å². The fourth-order valence-electron chi connectivity index (χ4n) is 4.17. The van der Waals surface area contributed by atoms with E-state index in [-0.39, 0.29) is 39.6 Å². The Morgan fingerprint density at radius 1 is 0.805 bits per heavy atom. The second-order valence-electron chi connectivity index (χ2n) is 8.91. The molecule has 0 spiro atoms. The van der Waals surface area contributed by atoms with E-state index < -0.39 is 34.7 Å². The fraction of sp³-hybridized carbons (Fsp3) is 0. The van der Waals surface area contributed by atoms with Gasteiger partial charge in [0.2, 0.25) is 5.78 Å². The monoisotopic (exact) mass is 550 g/mol. The van der Waals surface area contributed by atoms with Crippen molar-refractivity contribution in [1.29, 1.82) is 0 Å². The maximum atomic E-state index is 13.2. The van der Waals surface area contributed by atoms with E-state index in [1.165, 1.54) is 54.9 Å². The molecule has 0 atom stereocenters. The van der Waals surface area contributed by atoms with Crippen molar-refractivity contribution in [2.75, 3.05) is 0 Å². The van der Waals surface area contributed by atoms with Crippen molar-refractivity contribution in [3.05, 3.63) is 131 Å². The lowest BCUT2D eigenvalue weighted by atomic mass is 9.96. The molecule has 1 aliphatic rings. The lowest BCUT2D eigenvalue weighted by Crippen LogP contribution is -2.26. The van der Waals surface area contributed by atoms with Crippen molar-refractivity contribution in [1.82, 2.24) is 10.6 Å². The minimum absolute atomic E-state index is 0.0103. The zero-order valence-corrected chi connectivity index (χ0v) is 21.2. The number of hydrogen-bond donors (Lipinski definition) is 6. The lowest BCUT2D eigenvalue weighted by Gasteiger charge is -2.14. The van der Waals surface area contributed by atoms with Gasteiger partial charge in [-0.15, -0.1) is 0 Å². The van der Waals surface area contributed by atoms with E-state index in [2.05, 4.69) is 10.6 Å². The van der Waals surface area contributed by atoms with Crippen LogP contribution in [0.2, 0.25) is 0 Å². The van der Waals surface area contributed by atoms with Gasteiger partial charge in [-0.25, -0.2) is 4.79 Å². The molecule has 0 saturated carbocycles. The number of allylic oxidation sites excluding steroid dienone is 2. The van der Waals surface area contributed by atoms with E-state index in [1.54, 1.807) is 30.3 Å². The molecule has 10 nitrogen and oxygen atoms in total. The summed E-state index contributed by atoms with van der Waals surface area (Å²) in [5.41, 5.74) is -0.612. The highest BCUT2D eigenvalue weighted by atomic mass is 16.5. The first-order valence-electron chi connectivity index (χ1n) is 12.2. The van der Waals surface area contributed by atoms with Gasteiger partial charge < -0.3 is 35.8 Å². The van der Waals surface area contributed by atoms with Gasteiger partial charge in [0.1, 0.15) is 34.3 Å². The summed E-state index contributed by atoms with van der Waals surface area (Å²) in [5.74, 6) is -4.21. The van der Waals surface area contributed by atoms with Crippen LogP contribution in [-0.4, -0.2) is 38.1 Å². The summed E-state index contributed by atoms with van der Waals surface area (Å²) in [6.45, 7) is 0. The molecular weight excluding hydrogens is 528 g/mol. The molecule has 41 heavy (non-hydrogen) atoms. The zero-order valence-electron chi connectivity index (χ0n) is 21.2. The van der Waals surface area contributed by atoms with Gasteiger partial charge >= 0.3 is 5.97 Å². The van der Waals surface area contributed by atoms with Crippen LogP contribution in [0.1, 0.15) is 36.6 Å². The van der Waals surface area contributed by atoms with Gasteiger partial charge in [0.15, 0.2) is 5.76 Å². The number of carbonyl (C=O) groups is 3. The van der Waals surface area contributed by atoms with Crippen molar-refractivity contribution in [3.63, 3.8) is 0 Å². The summed E-state index contributed by atoms with van der Waals surface area (Å²) in [6, 6.07) is 17.3. The summed E-state index contributed by atoms with van der Waals surface area (Å²) >= 11 is 0. The third kappa shape index (κ3) is 5.43. The molecule has 1 amide bonds. The largest absolute Gasteiger partial charge is 0.508 e. The summed E-state index contributed by atoms with van der Waals surface area (Å²) in [5, 5.41) is 47.9. The maximum absolute atomic E-state index is 13.2. The standard InChI is InChI=1S/C31H22N2O8/c34-20-10-7-18(8-11-20)30(39)33-23-16-32-13-3-6-26(23)41-31(40)19-14-24(35)27(25(36)15-19)29(38)22-12-9-17-4-1-2-5-21(17)28(22)37/h1-16,32,34-37H,(H,33,39). The maximum Gasteiger partial charge on any atom is 0.343 e. The Morgan fingerprint density at radius 3 is 2.24 bits per heavy atom. The lowest BCUT2D eigenvalue weighted by molar-refractivity contribution is 0.0625. The molecule has 0 radical (unpaired) electrons. The van der Waals surface area contributed by atoms with E-state index in [0.29, 0.717) is 10.8 Å². The van der Waals surface area contributed by atoms with Crippen LogP contribution < -0.4 is 10.6 Å². The molecule has 1 heterocycles. The SMILES string of the molecule is O=C(NC1=CNC=CC=C1OC(=O)c1cc(O)c(C(=O)c2ccc3ccccc3c2O)c(O)c1)c1ccc(O)cc1. The van der Waals surface area contributed by atoms with Crippen molar-refractivity contribution >= 4 is 28.4 Å². The number of amides is 1. The predicted molar refractivity (Wildman–Crippen MR) is 148 cm³/mol. The number of hydrogen-bond acceptors (Lipinski definition) is 9. The van der Waals surface area contributed by atoms with Crippen LogP contribution in [0.4, 0.5) is 0 Å². The number of phenolic OH excluding ortho intramolecular Hbond substituents is 4. The highest BCUT2D eigenvalue weighted by Crippen LogP contribution is 2.36. The van der Waals surface area contributed by atoms with Crippen molar-refractivity contribution in [2.24, 2.45) is 0 Å². The molecule has 0 unspecified atom stereocenters. The van der Waals surface area contributed by atoms with E-state index in [1.807, 2.05) is 0 Å². The van der Waals surface area contributed by atoms with Gasteiger partial charge in [0, 0.05) is 23.3 Å². The average molecular weight is 551 g/mol. The topological polar surface area (TPSA) is 165 Å². The third-order valence-electron chi connectivity index (χ3n) is 6.22. The smallest absolute Gasteiger partial charge is 0.343 e. The second kappa shape index (κ2) is 11.0. The van der Waals surface area contributed by atoms with Crippen molar-refractivity contribution in [2.45, 2.75) is 0 Å². The number of esters is 1. The Kier molecular flexibility index (Phi) is 7.12. The molecule has 0 saturated heterocycles. The summed E-state index contributed by atoms with van der Waals surface area (Å²) in [4.78, 5) is 38.9. The number of aromatic hydroxyl groups is 4. The number of phenols is 4. The molecule has 5 rings (SSSR count). The van der Waals surface area contributed by atoms with Crippen LogP contribution >= 0.6 is 0 Å². The van der Waals surface area contributed by atoms with E-state index in [4.69, 9.17) is 4.74 Å². The highest BCUT2D eigenvalue weighted by molar-refractivity contribution is 6.16. The summed E-state index contributed by atoms with van der Waals surface area (Å²) < 4.78 is 5.45. The van der Waals surface area contributed by atoms with Gasteiger partial charge in [0.25, 0.3) is 5.91 Å². The van der Waals surface area contributed by atoms with Gasteiger partial charge in [-0.3, -0.25) is 9.59 Å². The number of nitrogens with one attached hydrogen (secondary N) is 2. The van der Waals surface area contributed by atoms with Crippen LogP contribution in [0.3, 0.4) is 0 Å². The average Bonchev–Trinajstić information content (AvgIpc) is 3.17. The highest BCUT2D eigenvalue weighted by Gasteiger charge is 2.25. The molecule has 1 aliphatic heterocycles. The number of rotatable bonds is 6. The third-order valence-corrected chi connectivity index (χ3v) is 6.22. The number of ether oxygens (including phenoxy) is 1. The number of fused-ring (bicyclic) bond motifs is 1. The summed E-state index contributed by atoms with van der Waals surface area (Å²) in [7, 11) is 0. The molecule has 0 fully saturated rings. The summed E-state index contributed by atoms with van der Waals surface area (Å²) in [6.07, 6.45) is 5.83. The number of carbonyl (C=O) groups excluding carboxylic acids is 3. The van der Waals surface area contributed by atoms with E-state index >= 15 is 0 Å². The Hall–Kier alpha value is -6.03. The minimum atomic E-state index is -1.01. The Bertz CT molecular complexity index is 1780. The minimum Gasteiger partial charge on any atom is -0.508 e. The van der Waals surface area contributed by atoms with Crippen LogP contribution in [-0.2, 0) is 4.74 Å². The predicted octanol–water partition coefficient (Wildman–Crippen LogP) is 4.32. The van der Waals surface area contributed by atoms with Crippen molar-refractivity contribution < 1.29 is 39.5 Å². The van der Waals surface area contributed by atoms with E-state index in [9.17, 15) is 34.8 Å². The molecule has 4 aromatic rings. The fourth-order valence-corrected chi connectivity index (χ4v) is 4.17. The van der Waals surface area contributed by atoms with Crippen LogP contribution in [0.25, 0.3) is 10.8 Å². The molecule has 0 aromatic heterocycles. The van der Waals surface area contributed by atoms with Gasteiger partial charge in [-0.1, -0.05) is 30.3 Å². The molecule has 0 bridgehead atoms. The first-order chi connectivity index (χ1) is 19.7. The molecule has 0 aliphatic carbocycles. The molecule has 4 aromatic carbocycles. The first-order valence-corrected chi connectivity index (χ1v) is 12.2. The Balaban J connectivity index is 1.38. The first kappa shape index (κ1) is 26.6. The number of ketones is 1. The van der Waals surface area contributed by atoms with Gasteiger partial charge in [-0.05, 0) is 60.0 Å². The zero-order chi connectivity index (χ0) is 29.1. The van der Waals surface area contributed by atoms with Crippen LogP contribution in [0.15, 0.2) is 109 Å². The van der Waals surface area contributed by atoms with Gasteiger partial charge in [-0.2, -0.15) is 0 Å². The number of benzene rings is 4. The normalized spacial score (nSPS) is 12.5. The molecule has 204 valence electrons. The second-order valence-corrected chi connectivity index (χ2v) is 8.91. The van der Waals surface area contributed by atoms with Crippen LogP contribution in [0, 0.1) is 0 Å². The molecule has 10 heteroatoms. The van der Waals surface area contributed by atoms with Gasteiger partial charge in [0.05, 0.1) is 11.1 Å². The quantitative estimate of drug-likeness (QED) is 0.151. The molecular formula is C31H22N2O8.